The van der Waals surface area contributed by atoms with Crippen molar-refractivity contribution in [2.45, 2.75) is 24.8 Å². The van der Waals surface area contributed by atoms with Crippen molar-refractivity contribution in [2.75, 3.05) is 24.6 Å². The topological polar surface area (TPSA) is 12.5 Å². The zero-order valence-corrected chi connectivity index (χ0v) is 13.3. The SMILES string of the molecule is CC1(C)CN(c2ccc(CBr)c(Br)c2)CCO1. The molecule has 0 N–H and O–H groups in total. The molecule has 94 valence electrons. The van der Waals surface area contributed by atoms with Gasteiger partial charge in [-0.05, 0) is 31.5 Å². The lowest BCUT2D eigenvalue weighted by atomic mass is 10.1. The second-order valence-corrected chi connectivity index (χ2v) is 6.35. The van der Waals surface area contributed by atoms with Crippen LogP contribution in [0.25, 0.3) is 0 Å². The first-order chi connectivity index (χ1) is 8.02. The Morgan fingerprint density at radius 1 is 1.41 bits per heavy atom. The first-order valence-corrected chi connectivity index (χ1v) is 7.66. The van der Waals surface area contributed by atoms with Crippen LogP contribution >= 0.6 is 31.9 Å². The molecule has 0 bridgehead atoms. The fraction of sp³-hybridized carbons (Fsp3) is 0.538. The van der Waals surface area contributed by atoms with Gasteiger partial charge in [0.2, 0.25) is 0 Å². The third-order valence-corrected chi connectivity index (χ3v) is 4.31. The standard InChI is InChI=1S/C13H17Br2NO/c1-13(2)9-16(5-6-17-13)11-4-3-10(8-14)12(15)7-11/h3-4,7H,5-6,8-9H2,1-2H3. The lowest BCUT2D eigenvalue weighted by molar-refractivity contribution is -0.0276. The van der Waals surface area contributed by atoms with Gasteiger partial charge in [0, 0.05) is 28.6 Å². The molecule has 1 aromatic rings. The molecule has 1 aromatic carbocycles. The predicted octanol–water partition coefficient (Wildman–Crippen LogP) is 3.96. The van der Waals surface area contributed by atoms with Gasteiger partial charge in [-0.3, -0.25) is 0 Å². The van der Waals surface area contributed by atoms with Gasteiger partial charge in [-0.15, -0.1) is 0 Å². The van der Waals surface area contributed by atoms with Crippen LogP contribution in [0.5, 0.6) is 0 Å². The van der Waals surface area contributed by atoms with E-state index in [4.69, 9.17) is 4.74 Å². The van der Waals surface area contributed by atoms with E-state index in [2.05, 4.69) is 68.8 Å². The molecule has 0 aromatic heterocycles. The van der Waals surface area contributed by atoms with Crippen LogP contribution in [0.2, 0.25) is 0 Å². The molecule has 1 aliphatic heterocycles. The van der Waals surface area contributed by atoms with Gasteiger partial charge in [-0.25, -0.2) is 0 Å². The molecule has 0 saturated carbocycles. The maximum atomic E-state index is 5.73. The van der Waals surface area contributed by atoms with Gasteiger partial charge in [0.25, 0.3) is 0 Å². The highest BCUT2D eigenvalue weighted by Crippen LogP contribution is 2.28. The Labute approximate surface area is 120 Å². The molecule has 2 nitrogen and oxygen atoms in total. The van der Waals surface area contributed by atoms with Crippen LogP contribution < -0.4 is 4.90 Å². The maximum absolute atomic E-state index is 5.73. The molecule has 4 heteroatoms. The number of ether oxygens (including phenoxy) is 1. The normalized spacial score (nSPS) is 19.4. The van der Waals surface area contributed by atoms with Crippen LogP contribution in [0.3, 0.4) is 0 Å². The number of benzene rings is 1. The smallest absolute Gasteiger partial charge is 0.0801 e. The third kappa shape index (κ3) is 3.24. The summed E-state index contributed by atoms with van der Waals surface area (Å²) in [5.41, 5.74) is 2.48. The van der Waals surface area contributed by atoms with E-state index in [-0.39, 0.29) is 5.60 Å². The summed E-state index contributed by atoms with van der Waals surface area (Å²) < 4.78 is 6.89. The largest absolute Gasteiger partial charge is 0.372 e. The van der Waals surface area contributed by atoms with Crippen molar-refractivity contribution in [2.24, 2.45) is 0 Å². The predicted molar refractivity (Wildman–Crippen MR) is 79.0 cm³/mol. The van der Waals surface area contributed by atoms with E-state index in [0.717, 1.165) is 29.5 Å². The Hall–Kier alpha value is -0.0600. The second-order valence-electron chi connectivity index (χ2n) is 4.94. The number of alkyl halides is 1. The van der Waals surface area contributed by atoms with Crippen molar-refractivity contribution in [3.63, 3.8) is 0 Å². The molecule has 1 fully saturated rings. The van der Waals surface area contributed by atoms with E-state index in [1.54, 1.807) is 0 Å². The summed E-state index contributed by atoms with van der Waals surface area (Å²) in [4.78, 5) is 2.38. The quantitative estimate of drug-likeness (QED) is 0.738. The Kier molecular flexibility index (Phi) is 4.16. The number of anilines is 1. The fourth-order valence-corrected chi connectivity index (χ4v) is 3.45. The van der Waals surface area contributed by atoms with Gasteiger partial charge >= 0.3 is 0 Å². The summed E-state index contributed by atoms with van der Waals surface area (Å²) in [7, 11) is 0. The summed E-state index contributed by atoms with van der Waals surface area (Å²) in [5, 5.41) is 0.877. The maximum Gasteiger partial charge on any atom is 0.0801 e. The van der Waals surface area contributed by atoms with Crippen LogP contribution in [0.1, 0.15) is 19.4 Å². The summed E-state index contributed by atoms with van der Waals surface area (Å²) in [5.74, 6) is 0. The summed E-state index contributed by atoms with van der Waals surface area (Å²) >= 11 is 7.10. The van der Waals surface area contributed by atoms with Crippen LogP contribution in [-0.2, 0) is 10.1 Å². The molecular weight excluding hydrogens is 346 g/mol. The van der Waals surface area contributed by atoms with Crippen molar-refractivity contribution >= 4 is 37.5 Å². The van der Waals surface area contributed by atoms with Gasteiger partial charge in [0.15, 0.2) is 0 Å². The minimum Gasteiger partial charge on any atom is -0.372 e. The lowest BCUT2D eigenvalue weighted by Gasteiger charge is -2.39. The third-order valence-electron chi connectivity index (χ3n) is 2.97. The van der Waals surface area contributed by atoms with Gasteiger partial charge < -0.3 is 9.64 Å². The van der Waals surface area contributed by atoms with Crippen molar-refractivity contribution in [3.05, 3.63) is 28.2 Å². The number of morpholine rings is 1. The van der Waals surface area contributed by atoms with E-state index >= 15 is 0 Å². The molecule has 1 aliphatic rings. The number of rotatable bonds is 2. The average molecular weight is 363 g/mol. The van der Waals surface area contributed by atoms with Gasteiger partial charge in [0.1, 0.15) is 0 Å². The Morgan fingerprint density at radius 2 is 2.18 bits per heavy atom. The first kappa shape index (κ1) is 13.4. The molecular formula is C13H17Br2NO. The van der Waals surface area contributed by atoms with Crippen LogP contribution in [0, 0.1) is 0 Å². The molecule has 0 unspecified atom stereocenters. The summed E-state index contributed by atoms with van der Waals surface area (Å²) in [6.07, 6.45) is 0. The van der Waals surface area contributed by atoms with E-state index < -0.39 is 0 Å². The molecule has 1 saturated heterocycles. The fourth-order valence-electron chi connectivity index (χ4n) is 2.08. The summed E-state index contributed by atoms with van der Waals surface area (Å²) in [6.45, 7) is 6.98. The Balaban J connectivity index is 2.19. The van der Waals surface area contributed by atoms with E-state index in [9.17, 15) is 0 Å². The molecule has 0 radical (unpaired) electrons. The molecule has 1 heterocycles. The van der Waals surface area contributed by atoms with Crippen LogP contribution in [-0.4, -0.2) is 25.3 Å². The molecule has 0 spiro atoms. The van der Waals surface area contributed by atoms with Crippen LogP contribution in [0.15, 0.2) is 22.7 Å². The first-order valence-electron chi connectivity index (χ1n) is 5.75. The number of hydrogen-bond acceptors (Lipinski definition) is 2. The molecule has 0 atom stereocenters. The van der Waals surface area contributed by atoms with Crippen LogP contribution in [0.4, 0.5) is 5.69 Å². The minimum absolute atomic E-state index is 0.0567. The van der Waals surface area contributed by atoms with Gasteiger partial charge in [-0.1, -0.05) is 37.9 Å². The molecule has 17 heavy (non-hydrogen) atoms. The number of halogens is 2. The van der Waals surface area contributed by atoms with Gasteiger partial charge in [-0.2, -0.15) is 0 Å². The second kappa shape index (κ2) is 5.29. The highest BCUT2D eigenvalue weighted by Gasteiger charge is 2.27. The summed E-state index contributed by atoms with van der Waals surface area (Å²) in [6, 6.07) is 6.54. The zero-order valence-electron chi connectivity index (χ0n) is 10.2. The molecule has 0 amide bonds. The Morgan fingerprint density at radius 3 is 2.76 bits per heavy atom. The number of nitrogens with zero attached hydrogens (tertiary/aromatic N) is 1. The van der Waals surface area contributed by atoms with E-state index in [1.165, 1.54) is 11.3 Å². The highest BCUT2D eigenvalue weighted by molar-refractivity contribution is 9.10. The highest BCUT2D eigenvalue weighted by atomic mass is 79.9. The molecule has 2 rings (SSSR count). The van der Waals surface area contributed by atoms with Crippen molar-refractivity contribution in [1.82, 2.24) is 0 Å². The minimum atomic E-state index is -0.0567. The average Bonchev–Trinajstić information content (AvgIpc) is 2.27. The Bertz CT molecular complexity index is 406. The van der Waals surface area contributed by atoms with Gasteiger partial charge in [0.05, 0.1) is 12.2 Å². The van der Waals surface area contributed by atoms with Crippen molar-refractivity contribution in [3.8, 4) is 0 Å². The monoisotopic (exact) mass is 361 g/mol. The van der Waals surface area contributed by atoms with E-state index in [0.29, 0.717) is 0 Å². The van der Waals surface area contributed by atoms with Crippen molar-refractivity contribution < 1.29 is 4.74 Å². The zero-order chi connectivity index (χ0) is 12.5. The van der Waals surface area contributed by atoms with E-state index in [1.807, 2.05) is 0 Å². The van der Waals surface area contributed by atoms with Crippen molar-refractivity contribution in [1.29, 1.82) is 0 Å². The lowest BCUT2D eigenvalue weighted by Crippen LogP contribution is -2.48. The molecule has 0 aliphatic carbocycles. The number of hydrogen-bond donors (Lipinski definition) is 0.